The highest BCUT2D eigenvalue weighted by Gasteiger charge is 2.15. The van der Waals surface area contributed by atoms with Crippen molar-refractivity contribution in [2.45, 2.75) is 18.5 Å². The van der Waals surface area contributed by atoms with Gasteiger partial charge in [-0.3, -0.25) is 9.36 Å². The van der Waals surface area contributed by atoms with Gasteiger partial charge in [-0.05, 0) is 30.2 Å². The standard InChI is InChI=1S/C18H18N4OS/c1-13-6-5-9-15(10-13)22-17(11-14-7-3-2-4-8-14)20-21-18(22)24-12-16(19)23/h2-10H,11-12H2,1H3,(H2,19,23). The van der Waals surface area contributed by atoms with Crippen molar-refractivity contribution in [2.75, 3.05) is 5.75 Å². The van der Waals surface area contributed by atoms with Crippen LogP contribution >= 0.6 is 11.8 Å². The van der Waals surface area contributed by atoms with Gasteiger partial charge in [0.1, 0.15) is 5.82 Å². The molecule has 0 saturated carbocycles. The van der Waals surface area contributed by atoms with Crippen LogP contribution in [0.3, 0.4) is 0 Å². The monoisotopic (exact) mass is 338 g/mol. The summed E-state index contributed by atoms with van der Waals surface area (Å²) in [5, 5.41) is 9.27. The molecular weight excluding hydrogens is 320 g/mol. The second kappa shape index (κ2) is 7.31. The number of thioether (sulfide) groups is 1. The van der Waals surface area contributed by atoms with Crippen LogP contribution in [0.1, 0.15) is 17.0 Å². The number of carbonyl (C=O) groups is 1. The van der Waals surface area contributed by atoms with Crippen LogP contribution in [0, 0.1) is 6.92 Å². The summed E-state index contributed by atoms with van der Waals surface area (Å²) in [6.45, 7) is 2.04. The first-order valence-corrected chi connectivity index (χ1v) is 8.58. The first-order chi connectivity index (χ1) is 11.6. The van der Waals surface area contributed by atoms with Gasteiger partial charge < -0.3 is 5.73 Å². The molecule has 0 bridgehead atoms. The van der Waals surface area contributed by atoms with Crippen LogP contribution in [0.25, 0.3) is 5.69 Å². The van der Waals surface area contributed by atoms with Crippen LogP contribution in [0.5, 0.6) is 0 Å². The molecule has 0 atom stereocenters. The first kappa shape index (κ1) is 16.3. The molecule has 0 fully saturated rings. The van der Waals surface area contributed by atoms with E-state index in [4.69, 9.17) is 5.73 Å². The highest BCUT2D eigenvalue weighted by Crippen LogP contribution is 2.23. The number of aryl methyl sites for hydroxylation is 1. The Kier molecular flexibility index (Phi) is 4.96. The van der Waals surface area contributed by atoms with Gasteiger partial charge in [-0.2, -0.15) is 0 Å². The van der Waals surface area contributed by atoms with E-state index in [2.05, 4.69) is 28.4 Å². The lowest BCUT2D eigenvalue weighted by Crippen LogP contribution is -2.14. The minimum Gasteiger partial charge on any atom is -0.369 e. The Labute approximate surface area is 144 Å². The molecule has 2 N–H and O–H groups in total. The maximum absolute atomic E-state index is 11.1. The van der Waals surface area contributed by atoms with Gasteiger partial charge in [0.25, 0.3) is 0 Å². The zero-order chi connectivity index (χ0) is 16.9. The minimum absolute atomic E-state index is 0.176. The van der Waals surface area contributed by atoms with E-state index < -0.39 is 0 Å². The lowest BCUT2D eigenvalue weighted by Gasteiger charge is -2.10. The fraction of sp³-hybridized carbons (Fsp3) is 0.167. The fourth-order valence-electron chi connectivity index (χ4n) is 2.45. The highest BCUT2D eigenvalue weighted by atomic mass is 32.2. The largest absolute Gasteiger partial charge is 0.369 e. The predicted octanol–water partition coefficient (Wildman–Crippen LogP) is 2.74. The summed E-state index contributed by atoms with van der Waals surface area (Å²) in [4.78, 5) is 11.1. The maximum atomic E-state index is 11.1. The van der Waals surface area contributed by atoms with E-state index in [-0.39, 0.29) is 11.7 Å². The molecule has 1 heterocycles. The van der Waals surface area contributed by atoms with Gasteiger partial charge in [-0.25, -0.2) is 0 Å². The molecule has 0 unspecified atom stereocenters. The lowest BCUT2D eigenvalue weighted by molar-refractivity contribution is -0.115. The predicted molar refractivity (Wildman–Crippen MR) is 95.3 cm³/mol. The van der Waals surface area contributed by atoms with Crippen LogP contribution in [0.4, 0.5) is 0 Å². The van der Waals surface area contributed by atoms with Crippen LogP contribution in [-0.4, -0.2) is 26.4 Å². The zero-order valence-corrected chi connectivity index (χ0v) is 14.2. The number of hydrogen-bond acceptors (Lipinski definition) is 4. The molecule has 0 aliphatic heterocycles. The quantitative estimate of drug-likeness (QED) is 0.701. The third-order valence-corrected chi connectivity index (χ3v) is 4.46. The van der Waals surface area contributed by atoms with E-state index in [1.807, 2.05) is 47.9 Å². The Morgan fingerprint density at radius 1 is 1.12 bits per heavy atom. The molecule has 5 nitrogen and oxygen atoms in total. The molecular formula is C18H18N4OS. The zero-order valence-electron chi connectivity index (χ0n) is 13.3. The fourth-order valence-corrected chi connectivity index (χ4v) is 3.16. The van der Waals surface area contributed by atoms with Gasteiger partial charge in [-0.15, -0.1) is 10.2 Å². The molecule has 0 aliphatic rings. The van der Waals surface area contributed by atoms with Crippen molar-refractivity contribution < 1.29 is 4.79 Å². The molecule has 0 aliphatic carbocycles. The number of nitrogens with two attached hydrogens (primary N) is 1. The van der Waals surface area contributed by atoms with Crippen molar-refractivity contribution in [2.24, 2.45) is 5.73 Å². The normalized spacial score (nSPS) is 10.7. The Morgan fingerprint density at radius 2 is 1.92 bits per heavy atom. The maximum Gasteiger partial charge on any atom is 0.227 e. The Hall–Kier alpha value is -2.60. The van der Waals surface area contributed by atoms with Crippen molar-refractivity contribution in [3.63, 3.8) is 0 Å². The average molecular weight is 338 g/mol. The minimum atomic E-state index is -0.372. The van der Waals surface area contributed by atoms with E-state index in [1.165, 1.54) is 11.8 Å². The SMILES string of the molecule is Cc1cccc(-n2c(Cc3ccccc3)nnc2SCC(N)=O)c1. The summed E-state index contributed by atoms with van der Waals surface area (Å²) in [6.07, 6.45) is 0.666. The molecule has 1 aromatic heterocycles. The smallest absolute Gasteiger partial charge is 0.227 e. The second-order valence-electron chi connectivity index (χ2n) is 5.49. The molecule has 2 aromatic carbocycles. The van der Waals surface area contributed by atoms with Crippen molar-refractivity contribution >= 4 is 17.7 Å². The molecule has 6 heteroatoms. The first-order valence-electron chi connectivity index (χ1n) is 7.60. The van der Waals surface area contributed by atoms with Crippen molar-refractivity contribution in [1.29, 1.82) is 0 Å². The molecule has 1 amide bonds. The number of hydrogen-bond donors (Lipinski definition) is 1. The number of carbonyl (C=O) groups excluding carboxylic acids is 1. The van der Waals surface area contributed by atoms with E-state index in [9.17, 15) is 4.79 Å². The van der Waals surface area contributed by atoms with E-state index in [1.54, 1.807) is 0 Å². The van der Waals surface area contributed by atoms with Gasteiger partial charge >= 0.3 is 0 Å². The Morgan fingerprint density at radius 3 is 2.62 bits per heavy atom. The number of amides is 1. The third kappa shape index (κ3) is 3.83. The molecule has 0 radical (unpaired) electrons. The number of benzene rings is 2. The third-order valence-electron chi connectivity index (χ3n) is 3.51. The molecule has 0 saturated heterocycles. The highest BCUT2D eigenvalue weighted by molar-refractivity contribution is 7.99. The van der Waals surface area contributed by atoms with Crippen molar-refractivity contribution in [3.05, 3.63) is 71.5 Å². The number of rotatable bonds is 6. The van der Waals surface area contributed by atoms with Gasteiger partial charge in [0.2, 0.25) is 5.91 Å². The molecule has 3 rings (SSSR count). The van der Waals surface area contributed by atoms with Gasteiger partial charge in [0.05, 0.1) is 5.75 Å². The number of primary amides is 1. The van der Waals surface area contributed by atoms with Crippen LogP contribution in [0.2, 0.25) is 0 Å². The second-order valence-corrected chi connectivity index (χ2v) is 6.43. The summed E-state index contributed by atoms with van der Waals surface area (Å²) in [7, 11) is 0. The van der Waals surface area contributed by atoms with E-state index >= 15 is 0 Å². The van der Waals surface area contributed by atoms with Gasteiger partial charge in [0, 0.05) is 12.1 Å². The summed E-state index contributed by atoms with van der Waals surface area (Å²) in [5.41, 5.74) is 8.56. The topological polar surface area (TPSA) is 73.8 Å². The number of nitrogens with zero attached hydrogens (tertiary/aromatic N) is 3. The average Bonchev–Trinajstić information content (AvgIpc) is 2.96. The van der Waals surface area contributed by atoms with Crippen LogP contribution in [0.15, 0.2) is 59.8 Å². The lowest BCUT2D eigenvalue weighted by atomic mass is 10.1. The van der Waals surface area contributed by atoms with E-state index in [0.717, 1.165) is 22.6 Å². The van der Waals surface area contributed by atoms with Crippen molar-refractivity contribution in [3.8, 4) is 5.69 Å². The van der Waals surface area contributed by atoms with Crippen LogP contribution < -0.4 is 5.73 Å². The Bertz CT molecular complexity index is 845. The molecule has 122 valence electrons. The van der Waals surface area contributed by atoms with Gasteiger partial charge in [-0.1, -0.05) is 54.2 Å². The van der Waals surface area contributed by atoms with Crippen LogP contribution in [-0.2, 0) is 11.2 Å². The van der Waals surface area contributed by atoms with Crippen molar-refractivity contribution in [1.82, 2.24) is 14.8 Å². The van der Waals surface area contributed by atoms with Gasteiger partial charge in [0.15, 0.2) is 5.16 Å². The molecule has 3 aromatic rings. The molecule has 0 spiro atoms. The Balaban J connectivity index is 2.00. The summed E-state index contributed by atoms with van der Waals surface area (Å²) in [5.74, 6) is 0.636. The number of aromatic nitrogens is 3. The summed E-state index contributed by atoms with van der Waals surface area (Å²) >= 11 is 1.30. The molecule has 24 heavy (non-hydrogen) atoms. The van der Waals surface area contributed by atoms with E-state index in [0.29, 0.717) is 11.6 Å². The summed E-state index contributed by atoms with van der Waals surface area (Å²) < 4.78 is 1.99. The summed E-state index contributed by atoms with van der Waals surface area (Å²) in [6, 6.07) is 18.3.